The third-order valence-electron chi connectivity index (χ3n) is 5.59. The summed E-state index contributed by atoms with van der Waals surface area (Å²) in [5.74, 6) is -0.488. The highest BCUT2D eigenvalue weighted by molar-refractivity contribution is 5.67. The minimum atomic E-state index is -3.77. The average Bonchev–Trinajstić information content (AvgIpc) is 3.25. The fourth-order valence-electron chi connectivity index (χ4n) is 4.18. The van der Waals surface area contributed by atoms with Gasteiger partial charge in [0.1, 0.15) is 0 Å². The molecule has 3 heterocycles. The minimum Gasteiger partial charge on any atom is -0.453 e. The van der Waals surface area contributed by atoms with Crippen molar-refractivity contribution in [3.63, 3.8) is 0 Å². The van der Waals surface area contributed by atoms with E-state index in [0.717, 1.165) is 0 Å². The average molecular weight is 470 g/mol. The molecule has 0 aliphatic carbocycles. The summed E-state index contributed by atoms with van der Waals surface area (Å²) in [7, 11) is 1.29. The number of carbonyl (C=O) groups excluding carboxylic acids is 1. The van der Waals surface area contributed by atoms with Gasteiger partial charge in [0.05, 0.1) is 13.2 Å². The Morgan fingerprint density at radius 2 is 1.27 bits per heavy atom. The van der Waals surface area contributed by atoms with Crippen LogP contribution in [0.3, 0.4) is 0 Å². The van der Waals surface area contributed by atoms with Gasteiger partial charge in [-0.05, 0) is 35.4 Å². The van der Waals surface area contributed by atoms with Gasteiger partial charge in [0.25, 0.3) is 0 Å². The lowest BCUT2D eigenvalue weighted by Gasteiger charge is -2.39. The molecule has 5 rings (SSSR count). The Kier molecular flexibility index (Phi) is 4.92. The number of piperazine rings is 1. The molecule has 0 saturated carbocycles. The molecule has 0 unspecified atom stereocenters. The molecular weight excluding hydrogens is 452 g/mol. The maximum Gasteiger partial charge on any atom is 0.586 e. The molecule has 2 aromatic carbocycles. The van der Waals surface area contributed by atoms with Crippen molar-refractivity contribution in [3.8, 4) is 23.0 Å². The van der Waals surface area contributed by atoms with E-state index in [1.165, 1.54) is 36.3 Å². The van der Waals surface area contributed by atoms with E-state index in [1.54, 1.807) is 12.1 Å². The lowest BCUT2D eigenvalue weighted by Crippen LogP contribution is -2.49. The van der Waals surface area contributed by atoms with Crippen LogP contribution in [-0.2, 0) is 4.74 Å². The molecule has 3 aliphatic rings. The van der Waals surface area contributed by atoms with Crippen LogP contribution in [-0.4, -0.2) is 61.8 Å². The van der Waals surface area contributed by atoms with Crippen LogP contribution < -0.4 is 18.9 Å². The van der Waals surface area contributed by atoms with Crippen LogP contribution in [0.2, 0.25) is 0 Å². The van der Waals surface area contributed by atoms with E-state index in [4.69, 9.17) is 4.74 Å². The van der Waals surface area contributed by atoms with Gasteiger partial charge in [-0.1, -0.05) is 12.1 Å². The van der Waals surface area contributed by atoms with Gasteiger partial charge in [0, 0.05) is 26.2 Å². The molecule has 0 N–H and O–H groups in total. The molecule has 0 aromatic heterocycles. The Balaban J connectivity index is 1.49. The number of hydrogen-bond acceptors (Lipinski definition) is 7. The summed E-state index contributed by atoms with van der Waals surface area (Å²) in [5, 5.41) is 0. The number of fused-ring (bicyclic) bond motifs is 2. The fraction of sp³-hybridized carbons (Fsp3) is 0.381. The van der Waals surface area contributed by atoms with Crippen LogP contribution in [0, 0.1) is 0 Å². The molecule has 1 saturated heterocycles. The first kappa shape index (κ1) is 21.4. The smallest absolute Gasteiger partial charge is 0.453 e. The van der Waals surface area contributed by atoms with Gasteiger partial charge < -0.3 is 28.6 Å². The van der Waals surface area contributed by atoms with Crippen molar-refractivity contribution < 1.29 is 46.0 Å². The highest BCUT2D eigenvalue weighted by atomic mass is 19.3. The van der Waals surface area contributed by atoms with Crippen molar-refractivity contribution in [3.05, 3.63) is 47.5 Å². The minimum absolute atomic E-state index is 0.108. The molecule has 8 nitrogen and oxygen atoms in total. The molecule has 3 aliphatic heterocycles. The maximum atomic E-state index is 13.5. The first-order chi connectivity index (χ1) is 15.6. The highest BCUT2D eigenvalue weighted by Crippen LogP contribution is 2.46. The lowest BCUT2D eigenvalue weighted by molar-refractivity contribution is -0.287. The number of rotatable bonds is 3. The summed E-state index contributed by atoms with van der Waals surface area (Å²) >= 11 is 0. The summed E-state index contributed by atoms with van der Waals surface area (Å²) in [6.45, 7) is 1.53. The first-order valence-corrected chi connectivity index (χ1v) is 10.0. The number of benzene rings is 2. The summed E-state index contributed by atoms with van der Waals surface area (Å²) in [6, 6.07) is 8.23. The van der Waals surface area contributed by atoms with E-state index in [0.29, 0.717) is 37.3 Å². The number of nitrogens with zero attached hydrogens (tertiary/aromatic N) is 2. The topological polar surface area (TPSA) is 69.7 Å². The van der Waals surface area contributed by atoms with E-state index in [-0.39, 0.29) is 23.0 Å². The molecule has 0 radical (unpaired) electrons. The van der Waals surface area contributed by atoms with Gasteiger partial charge in [-0.2, -0.15) is 0 Å². The van der Waals surface area contributed by atoms with Crippen LogP contribution in [0.1, 0.15) is 17.2 Å². The fourth-order valence-corrected chi connectivity index (χ4v) is 4.18. The largest absolute Gasteiger partial charge is 0.586 e. The Morgan fingerprint density at radius 3 is 1.73 bits per heavy atom. The van der Waals surface area contributed by atoms with Crippen LogP contribution in [0.4, 0.5) is 22.4 Å². The van der Waals surface area contributed by atoms with Gasteiger partial charge in [-0.15, -0.1) is 17.6 Å². The second kappa shape index (κ2) is 7.58. The molecule has 1 amide bonds. The third kappa shape index (κ3) is 4.06. The van der Waals surface area contributed by atoms with E-state index in [9.17, 15) is 22.4 Å². The van der Waals surface area contributed by atoms with Crippen molar-refractivity contribution in [2.24, 2.45) is 0 Å². The SMILES string of the molecule is COC(=O)N1CCN(C(c2ccc3c(c2)OC(F)(F)O3)c2ccc3c(c2)OC(F)(F)O3)CC1. The zero-order valence-electron chi connectivity index (χ0n) is 17.2. The second-order valence-corrected chi connectivity index (χ2v) is 7.64. The summed E-state index contributed by atoms with van der Waals surface area (Å²) in [4.78, 5) is 15.4. The van der Waals surface area contributed by atoms with E-state index < -0.39 is 24.7 Å². The number of ether oxygens (including phenoxy) is 5. The predicted octanol–water partition coefficient (Wildman–Crippen LogP) is 3.80. The van der Waals surface area contributed by atoms with Crippen LogP contribution in [0.15, 0.2) is 36.4 Å². The van der Waals surface area contributed by atoms with Gasteiger partial charge in [-0.25, -0.2) is 4.79 Å². The van der Waals surface area contributed by atoms with Crippen molar-refractivity contribution in [2.45, 2.75) is 18.6 Å². The molecule has 0 spiro atoms. The molecule has 33 heavy (non-hydrogen) atoms. The second-order valence-electron chi connectivity index (χ2n) is 7.64. The zero-order valence-corrected chi connectivity index (χ0v) is 17.2. The number of carbonyl (C=O) groups is 1. The summed E-state index contributed by atoms with van der Waals surface area (Å²) in [5.41, 5.74) is 1.12. The van der Waals surface area contributed by atoms with Crippen LogP contribution in [0.5, 0.6) is 23.0 Å². The van der Waals surface area contributed by atoms with Crippen molar-refractivity contribution >= 4 is 6.09 Å². The van der Waals surface area contributed by atoms with Crippen molar-refractivity contribution in [1.82, 2.24) is 9.80 Å². The quantitative estimate of drug-likeness (QED) is 0.632. The Morgan fingerprint density at radius 1 is 0.818 bits per heavy atom. The molecule has 0 atom stereocenters. The van der Waals surface area contributed by atoms with E-state index in [2.05, 4.69) is 18.9 Å². The van der Waals surface area contributed by atoms with Crippen molar-refractivity contribution in [1.29, 1.82) is 0 Å². The van der Waals surface area contributed by atoms with Gasteiger partial charge in [-0.3, -0.25) is 4.90 Å². The van der Waals surface area contributed by atoms with Gasteiger partial charge >= 0.3 is 18.7 Å². The number of amides is 1. The zero-order chi connectivity index (χ0) is 23.4. The predicted molar refractivity (Wildman–Crippen MR) is 103 cm³/mol. The monoisotopic (exact) mass is 470 g/mol. The highest BCUT2D eigenvalue weighted by Gasteiger charge is 2.45. The van der Waals surface area contributed by atoms with E-state index in [1.807, 2.05) is 4.90 Å². The standard InChI is InChI=1S/C21H18F4N2O6/c1-29-19(28)27-8-6-26(7-9-27)18(12-2-4-14-16(10-12)32-20(22,23)30-14)13-3-5-15-17(11-13)33-21(24,25)31-15/h2-5,10-11,18H,6-9H2,1H3. The molecule has 0 bridgehead atoms. The number of hydrogen-bond donors (Lipinski definition) is 0. The van der Waals surface area contributed by atoms with Crippen LogP contribution in [0.25, 0.3) is 0 Å². The van der Waals surface area contributed by atoms with Crippen LogP contribution >= 0.6 is 0 Å². The number of alkyl halides is 4. The molecular formula is C21H18F4N2O6. The number of halogens is 4. The Bertz CT molecular complexity index is 1020. The van der Waals surface area contributed by atoms with Gasteiger partial charge in [0.2, 0.25) is 0 Å². The normalized spacial score (nSPS) is 20.2. The molecule has 176 valence electrons. The Labute approximate surface area is 185 Å². The summed E-state index contributed by atoms with van der Waals surface area (Å²) < 4.78 is 76.9. The lowest BCUT2D eigenvalue weighted by atomic mass is 9.95. The van der Waals surface area contributed by atoms with E-state index >= 15 is 0 Å². The maximum absolute atomic E-state index is 13.5. The molecule has 2 aromatic rings. The number of methoxy groups -OCH3 is 1. The first-order valence-electron chi connectivity index (χ1n) is 10.0. The third-order valence-corrected chi connectivity index (χ3v) is 5.59. The Hall–Kier alpha value is -3.41. The molecule has 12 heteroatoms. The summed E-state index contributed by atoms with van der Waals surface area (Å²) in [6.07, 6.45) is -8.00. The van der Waals surface area contributed by atoms with Gasteiger partial charge in [0.15, 0.2) is 23.0 Å². The molecule has 1 fully saturated rings. The van der Waals surface area contributed by atoms with Crippen molar-refractivity contribution in [2.75, 3.05) is 33.3 Å².